The van der Waals surface area contributed by atoms with E-state index in [2.05, 4.69) is 32.9 Å². The van der Waals surface area contributed by atoms with Crippen molar-refractivity contribution in [2.45, 2.75) is 166 Å². The number of thioether (sulfide) groups is 2. The fourth-order valence-electron chi connectivity index (χ4n) is 4.84. The number of aryl methyl sites for hydroxylation is 1. The zero-order chi connectivity index (χ0) is 26.1. The van der Waals surface area contributed by atoms with E-state index in [-0.39, 0.29) is 0 Å². The van der Waals surface area contributed by atoms with Gasteiger partial charge in [-0.25, -0.2) is 0 Å². The van der Waals surface area contributed by atoms with Crippen molar-refractivity contribution < 1.29 is 5.11 Å². The van der Waals surface area contributed by atoms with Crippen LogP contribution in [0.4, 0.5) is 0 Å². The molecular weight excluding hydrogens is 476 g/mol. The molecule has 0 bridgehead atoms. The van der Waals surface area contributed by atoms with Crippen molar-refractivity contribution in [1.82, 2.24) is 0 Å². The zero-order valence-electron chi connectivity index (χ0n) is 24.4. The summed E-state index contributed by atoms with van der Waals surface area (Å²) in [6.45, 7) is 6.63. The van der Waals surface area contributed by atoms with E-state index in [1.165, 1.54) is 151 Å². The van der Waals surface area contributed by atoms with Gasteiger partial charge in [-0.05, 0) is 49.0 Å². The number of hydrogen-bond donors (Lipinski definition) is 1. The summed E-state index contributed by atoms with van der Waals surface area (Å²) in [5.41, 5.74) is 2.17. The second kappa shape index (κ2) is 25.0. The van der Waals surface area contributed by atoms with Crippen molar-refractivity contribution in [3.63, 3.8) is 0 Å². The van der Waals surface area contributed by atoms with Gasteiger partial charge in [-0.1, -0.05) is 136 Å². The minimum Gasteiger partial charge on any atom is -0.507 e. The average Bonchev–Trinajstić information content (AvgIpc) is 2.88. The molecule has 0 atom stereocenters. The molecule has 1 nitrogen and oxygen atoms in total. The highest BCUT2D eigenvalue weighted by molar-refractivity contribution is 7.99. The lowest BCUT2D eigenvalue weighted by atomic mass is 10.1. The lowest BCUT2D eigenvalue weighted by Crippen LogP contribution is -1.90. The Balaban J connectivity index is 2.08. The van der Waals surface area contributed by atoms with Gasteiger partial charge >= 0.3 is 0 Å². The van der Waals surface area contributed by atoms with Crippen LogP contribution in [0.25, 0.3) is 0 Å². The van der Waals surface area contributed by atoms with Gasteiger partial charge in [0.25, 0.3) is 0 Å². The van der Waals surface area contributed by atoms with E-state index in [0.29, 0.717) is 5.75 Å². The summed E-state index contributed by atoms with van der Waals surface area (Å²) >= 11 is 3.97. The Kier molecular flexibility index (Phi) is 23.5. The molecule has 0 aliphatic rings. The molecule has 3 heteroatoms. The number of hydrogen-bond acceptors (Lipinski definition) is 3. The van der Waals surface area contributed by atoms with E-state index in [1.807, 2.05) is 23.5 Å². The molecule has 0 fully saturated rings. The van der Waals surface area contributed by atoms with Crippen molar-refractivity contribution in [3.8, 4) is 5.75 Å². The molecule has 0 aliphatic heterocycles. The molecule has 1 aromatic rings. The first-order chi connectivity index (χ1) is 17.7. The Bertz CT molecular complexity index is 616. The summed E-state index contributed by atoms with van der Waals surface area (Å²) < 4.78 is 0. The molecule has 0 spiro atoms. The molecule has 0 amide bonds. The minimum absolute atomic E-state index is 0.518. The maximum Gasteiger partial charge on any atom is 0.122 e. The second-order valence-electron chi connectivity index (χ2n) is 10.9. The molecule has 210 valence electrons. The van der Waals surface area contributed by atoms with Crippen molar-refractivity contribution in [3.05, 3.63) is 23.3 Å². The molecule has 0 radical (unpaired) electrons. The molecule has 0 aromatic heterocycles. The van der Waals surface area contributed by atoms with Gasteiger partial charge in [0.2, 0.25) is 0 Å². The Labute approximate surface area is 234 Å². The van der Waals surface area contributed by atoms with Crippen molar-refractivity contribution in [1.29, 1.82) is 0 Å². The van der Waals surface area contributed by atoms with Gasteiger partial charge in [0, 0.05) is 16.2 Å². The summed E-state index contributed by atoms with van der Waals surface area (Å²) in [4.78, 5) is 1.34. The van der Waals surface area contributed by atoms with Gasteiger partial charge in [0.05, 0.1) is 0 Å². The van der Waals surface area contributed by atoms with E-state index in [9.17, 15) is 5.11 Å². The van der Waals surface area contributed by atoms with Crippen LogP contribution in [0, 0.1) is 6.92 Å². The minimum atomic E-state index is 0.518. The van der Waals surface area contributed by atoms with Crippen LogP contribution in [0.2, 0.25) is 0 Å². The highest BCUT2D eigenvalue weighted by atomic mass is 32.2. The zero-order valence-corrected chi connectivity index (χ0v) is 26.0. The molecule has 1 N–H and O–H groups in total. The maximum absolute atomic E-state index is 10.5. The smallest absolute Gasteiger partial charge is 0.122 e. The Morgan fingerprint density at radius 2 is 0.972 bits per heavy atom. The van der Waals surface area contributed by atoms with Crippen LogP contribution < -0.4 is 0 Å². The third-order valence-electron chi connectivity index (χ3n) is 7.27. The van der Waals surface area contributed by atoms with Crippen molar-refractivity contribution >= 4 is 23.5 Å². The van der Waals surface area contributed by atoms with E-state index in [0.717, 1.165) is 16.9 Å². The molecule has 0 saturated heterocycles. The molecule has 0 aliphatic carbocycles. The summed E-state index contributed by atoms with van der Waals surface area (Å²) in [5, 5.41) is 10.5. The largest absolute Gasteiger partial charge is 0.507 e. The predicted molar refractivity (Wildman–Crippen MR) is 168 cm³/mol. The Hall–Kier alpha value is -0.280. The van der Waals surface area contributed by atoms with Crippen molar-refractivity contribution in [2.24, 2.45) is 0 Å². The van der Waals surface area contributed by atoms with E-state index < -0.39 is 0 Å². The van der Waals surface area contributed by atoms with Crippen LogP contribution in [0.5, 0.6) is 5.75 Å². The third-order valence-corrected chi connectivity index (χ3v) is 9.42. The van der Waals surface area contributed by atoms with E-state index >= 15 is 0 Å². The number of phenols is 1. The van der Waals surface area contributed by atoms with Gasteiger partial charge < -0.3 is 5.11 Å². The number of aromatic hydroxyl groups is 1. The highest BCUT2D eigenvalue weighted by Gasteiger charge is 2.08. The summed E-state index contributed by atoms with van der Waals surface area (Å²) in [7, 11) is 0. The fourth-order valence-corrected chi connectivity index (χ4v) is 6.90. The maximum atomic E-state index is 10.5. The summed E-state index contributed by atoms with van der Waals surface area (Å²) in [5.74, 6) is 3.87. The van der Waals surface area contributed by atoms with Crippen LogP contribution in [0.1, 0.15) is 160 Å². The van der Waals surface area contributed by atoms with E-state index in [4.69, 9.17) is 0 Å². The van der Waals surface area contributed by atoms with Crippen molar-refractivity contribution in [2.75, 3.05) is 11.5 Å². The van der Waals surface area contributed by atoms with Gasteiger partial charge in [-0.2, -0.15) is 11.8 Å². The van der Waals surface area contributed by atoms with E-state index in [1.54, 1.807) is 0 Å². The topological polar surface area (TPSA) is 20.2 Å². The van der Waals surface area contributed by atoms with Crippen LogP contribution in [0.15, 0.2) is 17.0 Å². The normalized spacial score (nSPS) is 11.4. The Morgan fingerprint density at radius 3 is 1.44 bits per heavy atom. The van der Waals surface area contributed by atoms with Gasteiger partial charge in [-0.3, -0.25) is 0 Å². The lowest BCUT2D eigenvalue weighted by molar-refractivity contribution is 0.466. The number of unbranched alkanes of at least 4 members (excludes halogenated alkanes) is 19. The predicted octanol–water partition coefficient (Wildman–Crippen LogP) is 12.3. The Morgan fingerprint density at radius 1 is 0.556 bits per heavy atom. The number of phenolic OH excluding ortho intramolecular Hbond substituents is 1. The molecule has 0 heterocycles. The molecule has 0 unspecified atom stereocenters. The molecule has 36 heavy (non-hydrogen) atoms. The lowest BCUT2D eigenvalue weighted by Gasteiger charge is -2.11. The van der Waals surface area contributed by atoms with Crippen LogP contribution in [0.3, 0.4) is 0 Å². The fraction of sp³-hybridized carbons (Fsp3) is 0.818. The second-order valence-corrected chi connectivity index (χ2v) is 13.1. The number of rotatable bonds is 26. The third kappa shape index (κ3) is 18.9. The molecule has 1 aromatic carbocycles. The quantitative estimate of drug-likeness (QED) is 0.0938. The first kappa shape index (κ1) is 33.7. The van der Waals surface area contributed by atoms with Crippen LogP contribution in [-0.2, 0) is 5.75 Å². The van der Waals surface area contributed by atoms with Crippen LogP contribution >= 0.6 is 23.5 Å². The first-order valence-corrected chi connectivity index (χ1v) is 17.9. The van der Waals surface area contributed by atoms with Gasteiger partial charge in [0.1, 0.15) is 5.75 Å². The highest BCUT2D eigenvalue weighted by Crippen LogP contribution is 2.32. The monoisotopic (exact) mass is 536 g/mol. The molecule has 0 saturated carbocycles. The standard InChI is InChI=1S/C33H60OS2/c1-4-6-8-10-12-14-16-18-20-22-24-26-36-32-27-30(3)33(34)31(28-32)29-35-25-23-21-19-17-15-13-11-9-7-5-2/h27-28,34H,4-26,29H2,1-3H3. The molecule has 1 rings (SSSR count). The van der Waals surface area contributed by atoms with Gasteiger partial charge in [-0.15, -0.1) is 11.8 Å². The number of benzene rings is 1. The average molecular weight is 537 g/mol. The summed E-state index contributed by atoms with van der Waals surface area (Å²) in [6, 6.07) is 4.42. The van der Waals surface area contributed by atoms with Crippen LogP contribution in [-0.4, -0.2) is 16.6 Å². The molecular formula is C33H60OS2. The first-order valence-electron chi connectivity index (χ1n) is 15.7. The SMILES string of the molecule is CCCCCCCCCCCCCSc1cc(C)c(O)c(CSCCCCCCCCCCCC)c1. The summed E-state index contributed by atoms with van der Waals surface area (Å²) in [6.07, 6.45) is 29.4. The van der Waals surface area contributed by atoms with Gasteiger partial charge in [0.15, 0.2) is 0 Å².